The maximum atomic E-state index is 6.13. The van der Waals surface area contributed by atoms with E-state index in [4.69, 9.17) is 6.42 Å². The number of fused-ring (bicyclic) bond motifs is 6. The van der Waals surface area contributed by atoms with Crippen molar-refractivity contribution >= 4 is 39.5 Å². The Kier molecular flexibility index (Phi) is 7.96. The van der Waals surface area contributed by atoms with Crippen molar-refractivity contribution in [3.63, 3.8) is 0 Å². The second-order valence-electron chi connectivity index (χ2n) is 16.8. The number of anilines is 2. The van der Waals surface area contributed by atoms with Crippen LogP contribution in [0.1, 0.15) is 75.3 Å². The quantitative estimate of drug-likeness (QED) is 0.160. The van der Waals surface area contributed by atoms with Crippen LogP contribution in [-0.4, -0.2) is 4.57 Å². The fraction of sp³-hybridized carbons (Fsp3) is 0.164. The van der Waals surface area contributed by atoms with Gasteiger partial charge in [-0.25, -0.2) is 0 Å². The molecule has 3 aliphatic rings. The molecule has 10 rings (SSSR count). The first kappa shape index (κ1) is 34.9. The van der Waals surface area contributed by atoms with Crippen molar-refractivity contribution in [2.75, 3.05) is 4.90 Å². The van der Waals surface area contributed by atoms with Crippen LogP contribution in [0.25, 0.3) is 44.9 Å². The van der Waals surface area contributed by atoms with Gasteiger partial charge in [-0.1, -0.05) is 148 Å². The van der Waals surface area contributed by atoms with Crippen LogP contribution in [-0.2, 0) is 10.8 Å². The molecular formula is C55H46N2. The molecule has 1 heterocycles. The number of benzene rings is 6. The third kappa shape index (κ3) is 5.19. The summed E-state index contributed by atoms with van der Waals surface area (Å²) in [5.74, 6) is 2.91. The van der Waals surface area contributed by atoms with E-state index in [1.54, 1.807) is 0 Å². The molecule has 0 saturated carbocycles. The average molecular weight is 735 g/mol. The summed E-state index contributed by atoms with van der Waals surface area (Å²) >= 11 is 0. The summed E-state index contributed by atoms with van der Waals surface area (Å²) < 4.78 is 2.31. The molecule has 276 valence electrons. The second kappa shape index (κ2) is 13.0. The molecule has 1 aromatic heterocycles. The fourth-order valence-corrected chi connectivity index (χ4v) is 10.4. The van der Waals surface area contributed by atoms with E-state index in [0.717, 1.165) is 40.3 Å². The summed E-state index contributed by atoms with van der Waals surface area (Å²) in [5, 5.41) is 3.34. The lowest BCUT2D eigenvalue weighted by Crippen LogP contribution is -2.30. The standard InChI is InChI=1S/C55H46N2/c1-7-19-52-53(43-25-14-18-29-51(43)57(52)37-20-9-8-10-21-37)36(2)40-22-13-17-28-50(40)56(38-30-32-48-44(34-38)41-23-11-15-26-46(41)54(48,3)4)39-31-33-49-45(35-39)42-24-12-16-27-47(42)55(49,5)6/h1,8-30,32,34-35H,31,33H2,2-6H3/b52-19+,53-36+. The molecule has 3 aliphatic carbocycles. The normalized spacial score (nSPS) is 16.7. The lowest BCUT2D eigenvalue weighted by molar-refractivity contribution is 0.602. The summed E-state index contributed by atoms with van der Waals surface area (Å²) in [6.45, 7) is 11.8. The van der Waals surface area contributed by atoms with Crippen LogP contribution in [0.3, 0.4) is 0 Å². The number of hydrogen-bond acceptors (Lipinski definition) is 1. The Balaban J connectivity index is 1.26. The lowest BCUT2D eigenvalue weighted by Gasteiger charge is -2.34. The van der Waals surface area contributed by atoms with Crippen LogP contribution in [0.4, 0.5) is 11.4 Å². The van der Waals surface area contributed by atoms with Gasteiger partial charge in [0.15, 0.2) is 0 Å². The molecule has 0 fully saturated rings. The third-order valence-electron chi connectivity index (χ3n) is 13.1. The predicted molar refractivity (Wildman–Crippen MR) is 240 cm³/mol. The first-order valence-electron chi connectivity index (χ1n) is 20.2. The SMILES string of the molecule is C#C/C=c1\c(=C(/C)c2ccccc2N(C2=CC3=C(CC2)C(C)(C)c2ccccc23)c2ccc3c(c2)-c2ccccc2C3(C)C)c2ccccc2n1-c1ccccc1. The predicted octanol–water partition coefficient (Wildman–Crippen LogP) is 12.1. The van der Waals surface area contributed by atoms with Crippen LogP contribution in [0, 0.1) is 12.3 Å². The van der Waals surface area contributed by atoms with E-state index in [1.165, 1.54) is 72.4 Å². The van der Waals surface area contributed by atoms with E-state index in [9.17, 15) is 0 Å². The fourth-order valence-electron chi connectivity index (χ4n) is 10.4. The van der Waals surface area contributed by atoms with E-state index in [-0.39, 0.29) is 10.8 Å². The zero-order valence-electron chi connectivity index (χ0n) is 33.4. The van der Waals surface area contributed by atoms with Gasteiger partial charge in [0.2, 0.25) is 0 Å². The number of terminal acetylenes is 1. The molecular weight excluding hydrogens is 689 g/mol. The monoisotopic (exact) mass is 734 g/mol. The highest BCUT2D eigenvalue weighted by Crippen LogP contribution is 2.54. The Morgan fingerprint density at radius 2 is 1.32 bits per heavy atom. The molecule has 0 saturated heterocycles. The lowest BCUT2D eigenvalue weighted by atomic mass is 9.78. The van der Waals surface area contributed by atoms with E-state index < -0.39 is 0 Å². The van der Waals surface area contributed by atoms with Crippen molar-refractivity contribution in [1.29, 1.82) is 0 Å². The number of aromatic nitrogens is 1. The minimum absolute atomic E-state index is 0.000811. The molecule has 0 bridgehead atoms. The summed E-state index contributed by atoms with van der Waals surface area (Å²) in [4.78, 5) is 2.56. The van der Waals surface area contributed by atoms with Crippen molar-refractivity contribution < 1.29 is 0 Å². The number of rotatable bonds is 5. The molecule has 0 spiro atoms. The average Bonchev–Trinajstić information content (AvgIpc) is 3.78. The number of allylic oxidation sites excluding steroid dienone is 4. The maximum absolute atomic E-state index is 6.13. The molecule has 0 radical (unpaired) electrons. The Morgan fingerprint density at radius 3 is 2.11 bits per heavy atom. The Labute approximate surface area is 336 Å². The number of para-hydroxylation sites is 3. The minimum Gasteiger partial charge on any atom is -0.314 e. The Bertz CT molecular complexity index is 3030. The molecule has 0 aliphatic heterocycles. The first-order valence-corrected chi connectivity index (χ1v) is 20.2. The van der Waals surface area contributed by atoms with Crippen LogP contribution in [0.2, 0.25) is 0 Å². The summed E-state index contributed by atoms with van der Waals surface area (Å²) in [7, 11) is 0. The van der Waals surface area contributed by atoms with Crippen molar-refractivity contribution in [3.8, 4) is 29.2 Å². The van der Waals surface area contributed by atoms with E-state index in [0.29, 0.717) is 0 Å². The van der Waals surface area contributed by atoms with Gasteiger partial charge < -0.3 is 9.47 Å². The van der Waals surface area contributed by atoms with Gasteiger partial charge in [-0.3, -0.25) is 0 Å². The van der Waals surface area contributed by atoms with Crippen LogP contribution in [0.5, 0.6) is 0 Å². The van der Waals surface area contributed by atoms with Crippen molar-refractivity contribution in [2.45, 2.75) is 58.3 Å². The van der Waals surface area contributed by atoms with Gasteiger partial charge in [-0.15, -0.1) is 6.42 Å². The van der Waals surface area contributed by atoms with Crippen molar-refractivity contribution in [2.24, 2.45) is 0 Å². The molecule has 6 aromatic carbocycles. The van der Waals surface area contributed by atoms with Gasteiger partial charge in [-0.2, -0.15) is 0 Å². The summed E-state index contributed by atoms with van der Waals surface area (Å²) in [6, 6.07) is 53.4. The van der Waals surface area contributed by atoms with Crippen molar-refractivity contribution in [1.82, 2.24) is 4.57 Å². The summed E-state index contributed by atoms with van der Waals surface area (Å²) in [5.41, 5.74) is 19.2. The van der Waals surface area contributed by atoms with Crippen molar-refractivity contribution in [3.05, 3.63) is 201 Å². The molecule has 7 aromatic rings. The molecule has 0 amide bonds. The van der Waals surface area contributed by atoms with Gasteiger partial charge in [-0.05, 0) is 107 Å². The largest absolute Gasteiger partial charge is 0.314 e. The smallest absolute Gasteiger partial charge is 0.0627 e. The van der Waals surface area contributed by atoms with Crippen LogP contribution >= 0.6 is 0 Å². The van der Waals surface area contributed by atoms with Gasteiger partial charge in [0.25, 0.3) is 0 Å². The van der Waals surface area contributed by atoms with E-state index >= 15 is 0 Å². The maximum Gasteiger partial charge on any atom is 0.0627 e. The highest BCUT2D eigenvalue weighted by molar-refractivity contribution is 5.93. The Hall–Kier alpha value is -6.56. The zero-order chi connectivity index (χ0) is 39.1. The molecule has 0 N–H and O–H groups in total. The highest BCUT2D eigenvalue weighted by atomic mass is 15.2. The molecule has 2 nitrogen and oxygen atoms in total. The van der Waals surface area contributed by atoms with E-state index in [2.05, 4.69) is 202 Å². The second-order valence-corrected chi connectivity index (χ2v) is 16.8. The number of hydrogen-bond donors (Lipinski definition) is 0. The minimum atomic E-state index is -0.0720. The third-order valence-corrected chi connectivity index (χ3v) is 13.1. The Morgan fingerprint density at radius 1 is 0.667 bits per heavy atom. The van der Waals surface area contributed by atoms with Gasteiger partial charge in [0.1, 0.15) is 0 Å². The van der Waals surface area contributed by atoms with Crippen LogP contribution in [0.15, 0.2) is 163 Å². The highest BCUT2D eigenvalue weighted by Gasteiger charge is 2.40. The van der Waals surface area contributed by atoms with Gasteiger partial charge in [0.05, 0.1) is 16.6 Å². The molecule has 2 heteroatoms. The molecule has 57 heavy (non-hydrogen) atoms. The first-order chi connectivity index (χ1) is 27.7. The number of nitrogens with zero attached hydrogens (tertiary/aromatic N) is 2. The van der Waals surface area contributed by atoms with Gasteiger partial charge >= 0.3 is 0 Å². The van der Waals surface area contributed by atoms with E-state index in [1.807, 2.05) is 6.08 Å². The molecule has 0 atom stereocenters. The zero-order valence-corrected chi connectivity index (χ0v) is 33.4. The van der Waals surface area contributed by atoms with Gasteiger partial charge in [0, 0.05) is 50.1 Å². The molecule has 0 unspecified atom stereocenters. The summed E-state index contributed by atoms with van der Waals surface area (Å²) in [6.07, 6.45) is 12.5. The topological polar surface area (TPSA) is 8.17 Å². The van der Waals surface area contributed by atoms with Crippen LogP contribution < -0.4 is 15.5 Å².